The summed E-state index contributed by atoms with van der Waals surface area (Å²) < 4.78 is 6.25. The Bertz CT molecular complexity index is 941. The number of benzene rings is 2. The average molecular weight is 436 g/mol. The molecule has 2 heterocycles. The fraction of sp³-hybridized carbons (Fsp3) is 0.440. The highest BCUT2D eigenvalue weighted by molar-refractivity contribution is 5.65. The number of aromatic hydroxyl groups is 1. The third kappa shape index (κ3) is 5.51. The molecule has 0 aliphatic carbocycles. The molecule has 2 aromatic carbocycles. The van der Waals surface area contributed by atoms with Gasteiger partial charge in [0.05, 0.1) is 11.6 Å². The van der Waals surface area contributed by atoms with Crippen molar-refractivity contribution in [1.82, 2.24) is 9.80 Å². The van der Waals surface area contributed by atoms with Gasteiger partial charge in [-0.05, 0) is 79.6 Å². The number of piperidine rings is 2. The lowest BCUT2D eigenvalue weighted by Crippen LogP contribution is -2.53. The fourth-order valence-electron chi connectivity index (χ4n) is 4.98. The molecule has 2 aliphatic rings. The van der Waals surface area contributed by atoms with Crippen molar-refractivity contribution in [2.75, 3.05) is 32.7 Å². The molecule has 2 aliphatic heterocycles. The van der Waals surface area contributed by atoms with Crippen LogP contribution >= 0.6 is 0 Å². The molecule has 0 saturated carbocycles. The number of likely N-dealkylation sites (tertiary alicyclic amines) is 2. The number of ether oxygens (including phenoxy) is 1. The predicted octanol–water partition coefficient (Wildman–Crippen LogP) is 4.10. The van der Waals surface area contributed by atoms with Crippen molar-refractivity contribution >= 4 is 6.09 Å². The van der Waals surface area contributed by atoms with Gasteiger partial charge in [-0.3, -0.25) is 0 Å². The topological polar surface area (TPSA) is 97.0 Å². The molecule has 168 valence electrons. The minimum Gasteiger partial charge on any atom is -0.508 e. The monoisotopic (exact) mass is 435 g/mol. The molecular formula is C25H29N3O4. The Balaban J connectivity index is 1.36. The van der Waals surface area contributed by atoms with Gasteiger partial charge in [-0.25, -0.2) is 4.79 Å². The van der Waals surface area contributed by atoms with Crippen LogP contribution in [-0.4, -0.2) is 58.8 Å². The second kappa shape index (κ2) is 9.92. The Morgan fingerprint density at radius 3 is 2.31 bits per heavy atom. The Kier molecular flexibility index (Phi) is 6.81. The van der Waals surface area contributed by atoms with Crippen LogP contribution in [0.5, 0.6) is 11.5 Å². The Hall–Kier alpha value is -3.24. The van der Waals surface area contributed by atoms with E-state index in [0.717, 1.165) is 44.5 Å². The second-order valence-corrected chi connectivity index (χ2v) is 8.89. The highest BCUT2D eigenvalue weighted by Crippen LogP contribution is 2.31. The SMILES string of the molecule is N#Cc1ccc(C(CCCN2CC3CC(C2)CN(C(=O)O)C3)Oc2ccc(O)cc2)cc1. The number of phenolic OH excluding ortho intramolecular Hbond substituents is 1. The van der Waals surface area contributed by atoms with Gasteiger partial charge in [-0.2, -0.15) is 5.26 Å². The smallest absolute Gasteiger partial charge is 0.407 e. The molecule has 0 spiro atoms. The Morgan fingerprint density at radius 1 is 1.06 bits per heavy atom. The number of amides is 1. The first-order valence-corrected chi connectivity index (χ1v) is 11.2. The van der Waals surface area contributed by atoms with Crippen molar-refractivity contribution in [2.45, 2.75) is 25.4 Å². The molecule has 3 unspecified atom stereocenters. The van der Waals surface area contributed by atoms with Gasteiger partial charge in [0.1, 0.15) is 17.6 Å². The van der Waals surface area contributed by atoms with Crippen molar-refractivity contribution in [2.24, 2.45) is 11.8 Å². The summed E-state index contributed by atoms with van der Waals surface area (Å²) in [5.74, 6) is 1.73. The lowest BCUT2D eigenvalue weighted by Gasteiger charge is -2.45. The van der Waals surface area contributed by atoms with Crippen LogP contribution < -0.4 is 4.74 Å². The average Bonchev–Trinajstić information content (AvgIpc) is 2.79. The number of rotatable bonds is 7. The number of nitrogens with zero attached hydrogens (tertiary/aromatic N) is 3. The maximum atomic E-state index is 11.3. The molecule has 32 heavy (non-hydrogen) atoms. The highest BCUT2D eigenvalue weighted by atomic mass is 16.5. The summed E-state index contributed by atoms with van der Waals surface area (Å²) in [6.07, 6.45) is 1.94. The highest BCUT2D eigenvalue weighted by Gasteiger charge is 2.35. The molecule has 3 atom stereocenters. The predicted molar refractivity (Wildman–Crippen MR) is 120 cm³/mol. The van der Waals surface area contributed by atoms with Crippen LogP contribution in [0.1, 0.15) is 36.5 Å². The molecule has 2 aromatic rings. The number of fused-ring (bicyclic) bond motifs is 2. The lowest BCUT2D eigenvalue weighted by molar-refractivity contribution is 0.0317. The van der Waals surface area contributed by atoms with Gasteiger partial charge in [0.2, 0.25) is 0 Å². The summed E-state index contributed by atoms with van der Waals surface area (Å²) in [5, 5.41) is 27.9. The minimum absolute atomic E-state index is 0.154. The minimum atomic E-state index is -0.801. The molecule has 2 bridgehead atoms. The molecule has 4 rings (SSSR count). The van der Waals surface area contributed by atoms with Crippen molar-refractivity contribution in [3.63, 3.8) is 0 Å². The third-order valence-corrected chi connectivity index (χ3v) is 6.39. The van der Waals surface area contributed by atoms with E-state index in [1.807, 2.05) is 24.3 Å². The quantitative estimate of drug-likeness (QED) is 0.680. The van der Waals surface area contributed by atoms with Crippen LogP contribution in [0.2, 0.25) is 0 Å². The zero-order valence-corrected chi connectivity index (χ0v) is 18.1. The zero-order chi connectivity index (χ0) is 22.5. The van der Waals surface area contributed by atoms with E-state index >= 15 is 0 Å². The number of carboxylic acid groups (broad SMARTS) is 1. The van der Waals surface area contributed by atoms with Gasteiger partial charge in [0.15, 0.2) is 0 Å². The van der Waals surface area contributed by atoms with Crippen LogP contribution in [0, 0.1) is 23.2 Å². The van der Waals surface area contributed by atoms with E-state index in [0.29, 0.717) is 36.2 Å². The Labute approximate surface area is 188 Å². The summed E-state index contributed by atoms with van der Waals surface area (Å²) in [7, 11) is 0. The molecule has 7 heteroatoms. The van der Waals surface area contributed by atoms with Gasteiger partial charge < -0.3 is 24.7 Å². The standard InChI is InChI=1S/C25H29N3O4/c26-13-18-3-5-21(6-4-18)24(32-23-9-7-22(29)8-10-23)2-1-11-27-14-19-12-20(15-27)17-28(16-19)25(30)31/h3-10,19-20,24,29H,1-2,11-12,14-17H2,(H,30,31). The molecule has 0 radical (unpaired) electrons. The molecule has 2 fully saturated rings. The number of carbonyl (C=O) groups is 1. The van der Waals surface area contributed by atoms with Crippen molar-refractivity contribution < 1.29 is 19.7 Å². The van der Waals surface area contributed by atoms with Crippen LogP contribution in [0.4, 0.5) is 4.79 Å². The van der Waals surface area contributed by atoms with Crippen molar-refractivity contribution in [3.05, 3.63) is 59.7 Å². The van der Waals surface area contributed by atoms with Gasteiger partial charge in [-0.1, -0.05) is 12.1 Å². The van der Waals surface area contributed by atoms with Gasteiger partial charge >= 0.3 is 6.09 Å². The van der Waals surface area contributed by atoms with E-state index in [4.69, 9.17) is 10.00 Å². The maximum absolute atomic E-state index is 11.3. The van der Waals surface area contributed by atoms with Crippen LogP contribution in [0.3, 0.4) is 0 Å². The first-order chi connectivity index (χ1) is 15.5. The second-order valence-electron chi connectivity index (χ2n) is 8.89. The van der Waals surface area contributed by atoms with E-state index in [9.17, 15) is 15.0 Å². The van der Waals surface area contributed by atoms with Crippen LogP contribution in [0.15, 0.2) is 48.5 Å². The summed E-state index contributed by atoms with van der Waals surface area (Å²) >= 11 is 0. The number of nitriles is 1. The number of hydrogen-bond acceptors (Lipinski definition) is 5. The number of phenols is 1. The number of hydrogen-bond donors (Lipinski definition) is 2. The molecule has 2 N–H and O–H groups in total. The lowest BCUT2D eigenvalue weighted by atomic mass is 9.84. The van der Waals surface area contributed by atoms with Crippen molar-refractivity contribution in [1.29, 1.82) is 5.26 Å². The summed E-state index contributed by atoms with van der Waals surface area (Å²) in [6, 6.07) is 16.4. The first kappa shape index (κ1) is 22.0. The van der Waals surface area contributed by atoms with E-state index in [2.05, 4.69) is 11.0 Å². The van der Waals surface area contributed by atoms with Crippen LogP contribution in [-0.2, 0) is 0 Å². The van der Waals surface area contributed by atoms with Crippen molar-refractivity contribution in [3.8, 4) is 17.6 Å². The Morgan fingerprint density at radius 2 is 1.72 bits per heavy atom. The summed E-state index contributed by atoms with van der Waals surface area (Å²) in [4.78, 5) is 15.4. The molecule has 2 saturated heterocycles. The molecular weight excluding hydrogens is 406 g/mol. The third-order valence-electron chi connectivity index (χ3n) is 6.39. The largest absolute Gasteiger partial charge is 0.508 e. The summed E-state index contributed by atoms with van der Waals surface area (Å²) in [5.41, 5.74) is 1.64. The van der Waals surface area contributed by atoms with E-state index < -0.39 is 6.09 Å². The zero-order valence-electron chi connectivity index (χ0n) is 18.1. The van der Waals surface area contributed by atoms with E-state index in [1.54, 1.807) is 29.2 Å². The van der Waals surface area contributed by atoms with Gasteiger partial charge in [0.25, 0.3) is 0 Å². The molecule has 7 nitrogen and oxygen atoms in total. The first-order valence-electron chi connectivity index (χ1n) is 11.2. The van der Waals surface area contributed by atoms with Gasteiger partial charge in [-0.15, -0.1) is 0 Å². The molecule has 0 aromatic heterocycles. The normalized spacial score (nSPS) is 21.5. The summed E-state index contributed by atoms with van der Waals surface area (Å²) in [6.45, 7) is 4.12. The van der Waals surface area contributed by atoms with Crippen LogP contribution in [0.25, 0.3) is 0 Å². The molecule has 1 amide bonds. The fourth-order valence-corrected chi connectivity index (χ4v) is 4.98. The van der Waals surface area contributed by atoms with Gasteiger partial charge in [0, 0.05) is 26.2 Å². The van der Waals surface area contributed by atoms with E-state index in [1.165, 1.54) is 0 Å². The maximum Gasteiger partial charge on any atom is 0.407 e. The van der Waals surface area contributed by atoms with E-state index in [-0.39, 0.29) is 11.9 Å².